The molecule has 0 fully saturated rings. The number of hydrogen-bond donors (Lipinski definition) is 1. The first-order valence-corrected chi connectivity index (χ1v) is 7.73. The standard InChI is InChI=1S/C12H13BrClFN2S/c1-3-12(2)6-18-11(17-12)16-10-8(13)4-7(15)5-9(10)14/h4-5H,3,6H2,1-2H3,(H,16,17). The molecule has 18 heavy (non-hydrogen) atoms. The molecule has 0 aromatic heterocycles. The van der Waals surface area contributed by atoms with Crippen LogP contribution < -0.4 is 5.32 Å². The summed E-state index contributed by atoms with van der Waals surface area (Å²) in [6.07, 6.45) is 0.990. The third-order valence-electron chi connectivity index (χ3n) is 2.89. The Kier molecular flexibility index (Phi) is 4.24. The first-order chi connectivity index (χ1) is 8.43. The molecule has 1 N–H and O–H groups in total. The van der Waals surface area contributed by atoms with E-state index >= 15 is 0 Å². The van der Waals surface area contributed by atoms with Gasteiger partial charge < -0.3 is 5.32 Å². The van der Waals surface area contributed by atoms with Gasteiger partial charge in [0, 0.05) is 10.2 Å². The number of nitrogens with one attached hydrogen (secondary N) is 1. The van der Waals surface area contributed by atoms with Crippen LogP contribution in [0.2, 0.25) is 5.02 Å². The maximum atomic E-state index is 13.1. The van der Waals surface area contributed by atoms with Gasteiger partial charge in [0.05, 0.1) is 16.2 Å². The van der Waals surface area contributed by atoms with Crippen molar-refractivity contribution >= 4 is 50.1 Å². The van der Waals surface area contributed by atoms with Crippen LogP contribution in [0.4, 0.5) is 10.1 Å². The average Bonchev–Trinajstić information content (AvgIpc) is 2.66. The molecule has 1 aliphatic heterocycles. The molecule has 6 heteroatoms. The molecule has 1 aromatic carbocycles. The zero-order chi connectivity index (χ0) is 13.3. The zero-order valence-electron chi connectivity index (χ0n) is 10.1. The van der Waals surface area contributed by atoms with Gasteiger partial charge in [0.15, 0.2) is 5.17 Å². The van der Waals surface area contributed by atoms with Gasteiger partial charge in [-0.05, 0) is 41.4 Å². The van der Waals surface area contributed by atoms with Gasteiger partial charge in [-0.25, -0.2) is 4.39 Å². The van der Waals surface area contributed by atoms with Crippen LogP contribution in [-0.4, -0.2) is 16.5 Å². The summed E-state index contributed by atoms with van der Waals surface area (Å²) in [6, 6.07) is 2.67. The summed E-state index contributed by atoms with van der Waals surface area (Å²) in [5.41, 5.74) is 0.635. The maximum absolute atomic E-state index is 13.1. The van der Waals surface area contributed by atoms with Crippen molar-refractivity contribution in [3.05, 3.63) is 27.4 Å². The minimum atomic E-state index is -0.364. The molecule has 0 aliphatic carbocycles. The molecule has 0 spiro atoms. The molecule has 0 radical (unpaired) electrons. The van der Waals surface area contributed by atoms with Gasteiger partial charge in [-0.3, -0.25) is 4.99 Å². The topological polar surface area (TPSA) is 24.4 Å². The van der Waals surface area contributed by atoms with Crippen LogP contribution in [0, 0.1) is 5.82 Å². The van der Waals surface area contributed by atoms with E-state index in [1.165, 1.54) is 12.1 Å². The van der Waals surface area contributed by atoms with Crippen molar-refractivity contribution in [1.82, 2.24) is 0 Å². The second kappa shape index (κ2) is 5.39. The zero-order valence-corrected chi connectivity index (χ0v) is 13.2. The Hall–Kier alpha value is -0.260. The molecule has 1 atom stereocenters. The van der Waals surface area contributed by atoms with Gasteiger partial charge in [0.2, 0.25) is 0 Å². The third kappa shape index (κ3) is 3.00. The summed E-state index contributed by atoms with van der Waals surface area (Å²) in [4.78, 5) is 4.63. The number of hydrogen-bond acceptors (Lipinski definition) is 3. The van der Waals surface area contributed by atoms with E-state index < -0.39 is 0 Å². The van der Waals surface area contributed by atoms with Gasteiger partial charge in [0.25, 0.3) is 0 Å². The fourth-order valence-electron chi connectivity index (χ4n) is 1.55. The predicted molar refractivity (Wildman–Crippen MR) is 81.3 cm³/mol. The van der Waals surface area contributed by atoms with Gasteiger partial charge in [-0.15, -0.1) is 0 Å². The number of rotatable bonds is 2. The Labute approximate surface area is 124 Å². The minimum Gasteiger partial charge on any atom is -0.333 e. The monoisotopic (exact) mass is 350 g/mol. The van der Waals surface area contributed by atoms with Crippen LogP contribution in [0.3, 0.4) is 0 Å². The van der Waals surface area contributed by atoms with E-state index in [9.17, 15) is 4.39 Å². The first-order valence-electron chi connectivity index (χ1n) is 5.58. The highest BCUT2D eigenvalue weighted by Crippen LogP contribution is 2.35. The summed E-state index contributed by atoms with van der Waals surface area (Å²) >= 11 is 11.0. The summed E-state index contributed by atoms with van der Waals surface area (Å²) in [5, 5.41) is 4.33. The van der Waals surface area contributed by atoms with Crippen molar-refractivity contribution in [3.8, 4) is 0 Å². The lowest BCUT2D eigenvalue weighted by Gasteiger charge is -2.15. The van der Waals surface area contributed by atoms with Crippen LogP contribution in [0.1, 0.15) is 20.3 Å². The van der Waals surface area contributed by atoms with Crippen molar-refractivity contribution in [2.24, 2.45) is 4.99 Å². The van der Waals surface area contributed by atoms with E-state index in [0.29, 0.717) is 15.2 Å². The van der Waals surface area contributed by atoms with E-state index in [1.54, 1.807) is 11.8 Å². The molecule has 0 amide bonds. The highest BCUT2D eigenvalue weighted by atomic mass is 79.9. The smallest absolute Gasteiger partial charge is 0.161 e. The summed E-state index contributed by atoms with van der Waals surface area (Å²) < 4.78 is 13.7. The fraction of sp³-hybridized carbons (Fsp3) is 0.417. The first kappa shape index (κ1) is 14.2. The van der Waals surface area contributed by atoms with Crippen molar-refractivity contribution < 1.29 is 4.39 Å². The number of aliphatic imine (C=N–C) groups is 1. The second-order valence-electron chi connectivity index (χ2n) is 4.43. The number of halogens is 3. The molecular formula is C12H13BrClFN2S. The fourth-order valence-corrected chi connectivity index (χ4v) is 3.62. The lowest BCUT2D eigenvalue weighted by Crippen LogP contribution is -2.20. The van der Waals surface area contributed by atoms with Crippen LogP contribution >= 0.6 is 39.3 Å². The summed E-state index contributed by atoms with van der Waals surface area (Å²) in [7, 11) is 0. The van der Waals surface area contributed by atoms with E-state index in [2.05, 4.69) is 40.1 Å². The molecular weight excluding hydrogens is 339 g/mol. The molecule has 2 rings (SSSR count). The average molecular weight is 352 g/mol. The van der Waals surface area contributed by atoms with Crippen LogP contribution in [0.15, 0.2) is 21.6 Å². The van der Waals surface area contributed by atoms with Crippen molar-refractivity contribution in [2.75, 3.05) is 11.1 Å². The molecule has 1 aromatic rings. The molecule has 1 aliphatic rings. The quantitative estimate of drug-likeness (QED) is 0.817. The maximum Gasteiger partial charge on any atom is 0.161 e. The minimum absolute atomic E-state index is 0.0218. The Bertz CT molecular complexity index is 486. The molecule has 2 nitrogen and oxygen atoms in total. The number of amidine groups is 1. The van der Waals surface area contributed by atoms with Crippen LogP contribution in [-0.2, 0) is 0 Å². The van der Waals surface area contributed by atoms with Gasteiger partial charge in [-0.2, -0.15) is 0 Å². The number of nitrogens with zero attached hydrogens (tertiary/aromatic N) is 1. The second-order valence-corrected chi connectivity index (χ2v) is 6.65. The molecule has 0 bridgehead atoms. The summed E-state index contributed by atoms with van der Waals surface area (Å²) in [6.45, 7) is 4.24. The van der Waals surface area contributed by atoms with Gasteiger partial charge in [0.1, 0.15) is 5.82 Å². The Morgan fingerprint density at radius 1 is 1.61 bits per heavy atom. The molecule has 0 saturated heterocycles. The Morgan fingerprint density at radius 2 is 2.33 bits per heavy atom. The number of thioether (sulfide) groups is 1. The van der Waals surface area contributed by atoms with Crippen LogP contribution in [0.5, 0.6) is 0 Å². The molecule has 1 unspecified atom stereocenters. The van der Waals surface area contributed by atoms with Gasteiger partial charge in [-0.1, -0.05) is 30.3 Å². The van der Waals surface area contributed by atoms with Crippen LogP contribution in [0.25, 0.3) is 0 Å². The van der Waals surface area contributed by atoms with Crippen molar-refractivity contribution in [2.45, 2.75) is 25.8 Å². The van der Waals surface area contributed by atoms with Crippen molar-refractivity contribution in [3.63, 3.8) is 0 Å². The van der Waals surface area contributed by atoms with E-state index in [0.717, 1.165) is 17.3 Å². The number of benzene rings is 1. The number of anilines is 1. The van der Waals surface area contributed by atoms with E-state index in [1.807, 2.05) is 0 Å². The molecule has 0 saturated carbocycles. The highest BCUT2D eigenvalue weighted by molar-refractivity contribution is 9.10. The van der Waals surface area contributed by atoms with Crippen molar-refractivity contribution in [1.29, 1.82) is 0 Å². The Morgan fingerprint density at radius 3 is 2.89 bits per heavy atom. The lowest BCUT2D eigenvalue weighted by atomic mass is 10.0. The SMILES string of the molecule is CCC1(C)CSC(Nc2c(Cl)cc(F)cc2Br)=N1. The van der Waals surface area contributed by atoms with Gasteiger partial charge >= 0.3 is 0 Å². The van der Waals surface area contributed by atoms with E-state index in [-0.39, 0.29) is 11.4 Å². The van der Waals surface area contributed by atoms with E-state index in [4.69, 9.17) is 11.6 Å². The molecule has 98 valence electrons. The molecule has 1 heterocycles. The summed E-state index contributed by atoms with van der Waals surface area (Å²) in [5.74, 6) is 0.583. The normalized spacial score (nSPS) is 23.1. The lowest BCUT2D eigenvalue weighted by molar-refractivity contribution is 0.523. The predicted octanol–water partition coefficient (Wildman–Crippen LogP) is 4.93. The highest BCUT2D eigenvalue weighted by Gasteiger charge is 2.29. The third-order valence-corrected chi connectivity index (χ3v) is 5.05. The Balaban J connectivity index is 2.24. The largest absolute Gasteiger partial charge is 0.333 e.